The fourth-order valence-corrected chi connectivity index (χ4v) is 2.75. The molecule has 0 aliphatic carbocycles. The molecular weight excluding hydrogens is 260 g/mol. The highest BCUT2D eigenvalue weighted by molar-refractivity contribution is 7.12. The van der Waals surface area contributed by atoms with Crippen LogP contribution in [-0.2, 0) is 0 Å². The second kappa shape index (κ2) is 5.32. The number of carbonyl (C=O) groups is 1. The van der Waals surface area contributed by atoms with E-state index in [1.807, 2.05) is 6.92 Å². The number of hydrogen-bond donors (Lipinski definition) is 3. The number of anilines is 2. The lowest BCUT2D eigenvalue weighted by Crippen LogP contribution is -2.10. The fraction of sp³-hybridized carbons (Fsp3) is 0.214. The molecule has 5 heteroatoms. The van der Waals surface area contributed by atoms with Gasteiger partial charge in [0.2, 0.25) is 0 Å². The van der Waals surface area contributed by atoms with Gasteiger partial charge in [-0.05, 0) is 38.1 Å². The molecule has 1 atom stereocenters. The molecule has 0 aliphatic rings. The standard InChI is InChI=1S/C14H16N2O2S/c1-8-6-7-12(19-8)9(2)16-11-5-3-4-10(13(11)15)14(17)18/h3-7,9,16H,15H2,1-2H3,(H,17,18). The normalized spacial score (nSPS) is 12.1. The second-order valence-corrected chi connectivity index (χ2v) is 5.71. The number of benzene rings is 1. The number of nitrogens with two attached hydrogens (primary N) is 1. The van der Waals surface area contributed by atoms with Crippen molar-refractivity contribution in [2.75, 3.05) is 11.1 Å². The highest BCUT2D eigenvalue weighted by Crippen LogP contribution is 2.29. The molecule has 1 unspecified atom stereocenters. The monoisotopic (exact) mass is 276 g/mol. The Kier molecular flexibility index (Phi) is 3.76. The number of nitrogens with one attached hydrogen (secondary N) is 1. The molecule has 2 rings (SSSR count). The van der Waals surface area contributed by atoms with E-state index >= 15 is 0 Å². The molecule has 0 fully saturated rings. The van der Waals surface area contributed by atoms with Crippen LogP contribution in [0.4, 0.5) is 11.4 Å². The maximum Gasteiger partial charge on any atom is 0.337 e. The summed E-state index contributed by atoms with van der Waals surface area (Å²) in [7, 11) is 0. The predicted octanol–water partition coefficient (Wildman–Crippen LogP) is 3.51. The van der Waals surface area contributed by atoms with Gasteiger partial charge in [0.15, 0.2) is 0 Å². The van der Waals surface area contributed by atoms with Crippen LogP contribution in [0, 0.1) is 6.92 Å². The lowest BCUT2D eigenvalue weighted by Gasteiger charge is -2.16. The summed E-state index contributed by atoms with van der Waals surface area (Å²) < 4.78 is 0. The molecule has 0 aliphatic heterocycles. The van der Waals surface area contributed by atoms with Crippen molar-refractivity contribution in [3.05, 3.63) is 45.6 Å². The summed E-state index contributed by atoms with van der Waals surface area (Å²) in [6.07, 6.45) is 0. The zero-order valence-corrected chi connectivity index (χ0v) is 11.6. The zero-order valence-electron chi connectivity index (χ0n) is 10.8. The molecule has 0 radical (unpaired) electrons. The summed E-state index contributed by atoms with van der Waals surface area (Å²) in [6.45, 7) is 4.08. The van der Waals surface area contributed by atoms with Gasteiger partial charge in [-0.2, -0.15) is 0 Å². The average Bonchev–Trinajstić information content (AvgIpc) is 2.78. The predicted molar refractivity (Wildman–Crippen MR) is 78.9 cm³/mol. The van der Waals surface area contributed by atoms with Crippen LogP contribution < -0.4 is 11.1 Å². The quantitative estimate of drug-likeness (QED) is 0.747. The summed E-state index contributed by atoms with van der Waals surface area (Å²) in [6, 6.07) is 9.20. The van der Waals surface area contributed by atoms with Gasteiger partial charge in [-0.1, -0.05) is 6.07 Å². The minimum atomic E-state index is -1.01. The first-order valence-electron chi connectivity index (χ1n) is 5.93. The van der Waals surface area contributed by atoms with Crippen molar-refractivity contribution in [3.63, 3.8) is 0 Å². The molecular formula is C14H16N2O2S. The van der Waals surface area contributed by atoms with Gasteiger partial charge >= 0.3 is 5.97 Å². The molecule has 0 amide bonds. The van der Waals surface area contributed by atoms with Crippen LogP contribution in [0.15, 0.2) is 30.3 Å². The number of rotatable bonds is 4. The number of hydrogen-bond acceptors (Lipinski definition) is 4. The third kappa shape index (κ3) is 2.88. The van der Waals surface area contributed by atoms with Gasteiger partial charge in [-0.3, -0.25) is 0 Å². The molecule has 19 heavy (non-hydrogen) atoms. The summed E-state index contributed by atoms with van der Waals surface area (Å²) in [4.78, 5) is 13.5. The van der Waals surface area contributed by atoms with E-state index in [4.69, 9.17) is 10.8 Å². The van der Waals surface area contributed by atoms with Gasteiger partial charge in [-0.25, -0.2) is 4.79 Å². The summed E-state index contributed by atoms with van der Waals surface area (Å²) >= 11 is 1.71. The van der Waals surface area contributed by atoms with Crippen LogP contribution in [-0.4, -0.2) is 11.1 Å². The smallest absolute Gasteiger partial charge is 0.337 e. The van der Waals surface area contributed by atoms with Crippen LogP contribution in [0.1, 0.15) is 33.1 Å². The Labute approximate surface area is 115 Å². The average molecular weight is 276 g/mol. The van der Waals surface area contributed by atoms with Crippen LogP contribution >= 0.6 is 11.3 Å². The highest BCUT2D eigenvalue weighted by atomic mass is 32.1. The third-order valence-electron chi connectivity index (χ3n) is 2.90. The molecule has 4 nitrogen and oxygen atoms in total. The highest BCUT2D eigenvalue weighted by Gasteiger charge is 2.13. The minimum Gasteiger partial charge on any atom is -0.478 e. The van der Waals surface area contributed by atoms with Crippen LogP contribution in [0.25, 0.3) is 0 Å². The van der Waals surface area contributed by atoms with Gasteiger partial charge in [0.1, 0.15) is 0 Å². The van der Waals surface area contributed by atoms with Crippen molar-refractivity contribution in [2.24, 2.45) is 0 Å². The number of carboxylic acids is 1. The Morgan fingerprint density at radius 1 is 1.37 bits per heavy atom. The Balaban J connectivity index is 2.24. The van der Waals surface area contributed by atoms with E-state index in [-0.39, 0.29) is 17.3 Å². The molecule has 1 heterocycles. The van der Waals surface area contributed by atoms with Crippen molar-refractivity contribution in [1.29, 1.82) is 0 Å². The lowest BCUT2D eigenvalue weighted by molar-refractivity contribution is 0.0698. The summed E-state index contributed by atoms with van der Waals surface area (Å²) in [5, 5.41) is 12.3. The molecule has 100 valence electrons. The van der Waals surface area contributed by atoms with Crippen LogP contribution in [0.2, 0.25) is 0 Å². The van der Waals surface area contributed by atoms with Gasteiger partial charge < -0.3 is 16.2 Å². The molecule has 0 saturated carbocycles. The largest absolute Gasteiger partial charge is 0.478 e. The first-order valence-corrected chi connectivity index (χ1v) is 6.75. The van der Waals surface area contributed by atoms with Crippen LogP contribution in [0.5, 0.6) is 0 Å². The Morgan fingerprint density at radius 3 is 2.68 bits per heavy atom. The summed E-state index contributed by atoms with van der Waals surface area (Å²) in [5.74, 6) is -1.01. The molecule has 1 aromatic carbocycles. The number of thiophene rings is 1. The fourth-order valence-electron chi connectivity index (χ4n) is 1.87. The van der Waals surface area contributed by atoms with E-state index in [2.05, 4.69) is 24.4 Å². The van der Waals surface area contributed by atoms with E-state index in [1.165, 1.54) is 15.8 Å². The molecule has 4 N–H and O–H groups in total. The first-order chi connectivity index (χ1) is 8.99. The molecule has 0 spiro atoms. The van der Waals surface area contributed by atoms with Gasteiger partial charge in [0, 0.05) is 9.75 Å². The number of nitrogen functional groups attached to an aromatic ring is 1. The summed E-state index contributed by atoms with van der Waals surface area (Å²) in [5.41, 5.74) is 6.93. The number of para-hydroxylation sites is 1. The Morgan fingerprint density at radius 2 is 2.11 bits per heavy atom. The number of carboxylic acid groups (broad SMARTS) is 1. The molecule has 0 saturated heterocycles. The maximum atomic E-state index is 11.0. The van der Waals surface area contributed by atoms with E-state index in [9.17, 15) is 4.79 Å². The van der Waals surface area contributed by atoms with E-state index in [1.54, 1.807) is 23.5 Å². The van der Waals surface area contributed by atoms with E-state index in [0.717, 1.165) is 0 Å². The SMILES string of the molecule is Cc1ccc(C(C)Nc2cccc(C(=O)O)c2N)s1. The van der Waals surface area contributed by atoms with Crippen molar-refractivity contribution in [2.45, 2.75) is 19.9 Å². The van der Waals surface area contributed by atoms with E-state index < -0.39 is 5.97 Å². The lowest BCUT2D eigenvalue weighted by atomic mass is 10.1. The molecule has 2 aromatic rings. The van der Waals surface area contributed by atoms with Gasteiger partial charge in [-0.15, -0.1) is 11.3 Å². The van der Waals surface area contributed by atoms with Crippen molar-refractivity contribution in [3.8, 4) is 0 Å². The van der Waals surface area contributed by atoms with Crippen molar-refractivity contribution < 1.29 is 9.90 Å². The Bertz CT molecular complexity index is 607. The van der Waals surface area contributed by atoms with Gasteiger partial charge in [0.25, 0.3) is 0 Å². The minimum absolute atomic E-state index is 0.0880. The topological polar surface area (TPSA) is 75.3 Å². The third-order valence-corrected chi connectivity index (χ3v) is 4.08. The van der Waals surface area contributed by atoms with Crippen molar-refractivity contribution in [1.82, 2.24) is 0 Å². The van der Waals surface area contributed by atoms with E-state index in [0.29, 0.717) is 5.69 Å². The Hall–Kier alpha value is -2.01. The second-order valence-electron chi connectivity index (χ2n) is 4.39. The number of aromatic carboxylic acids is 1. The zero-order chi connectivity index (χ0) is 14.0. The first kappa shape index (κ1) is 13.4. The molecule has 1 aromatic heterocycles. The van der Waals surface area contributed by atoms with Crippen LogP contribution in [0.3, 0.4) is 0 Å². The maximum absolute atomic E-state index is 11.0. The van der Waals surface area contributed by atoms with Gasteiger partial charge in [0.05, 0.1) is 23.0 Å². The van der Waals surface area contributed by atoms with Crippen molar-refractivity contribution >= 4 is 28.7 Å². The molecule has 0 bridgehead atoms. The number of aryl methyl sites for hydroxylation is 1.